The Morgan fingerprint density at radius 3 is 2.74 bits per heavy atom. The molecule has 8 heteroatoms. The van der Waals surface area contributed by atoms with E-state index < -0.39 is 0 Å². The summed E-state index contributed by atoms with van der Waals surface area (Å²) in [4.78, 5) is 16.4. The largest absolute Gasteiger partial charge is 0.447 e. The topological polar surface area (TPSA) is 85.8 Å². The van der Waals surface area contributed by atoms with Gasteiger partial charge in [0.2, 0.25) is 5.89 Å². The van der Waals surface area contributed by atoms with Crippen LogP contribution in [0.25, 0.3) is 5.69 Å². The second-order valence-corrected chi connectivity index (χ2v) is 8.27. The van der Waals surface area contributed by atoms with Crippen molar-refractivity contribution in [3.63, 3.8) is 0 Å². The fourth-order valence-corrected chi connectivity index (χ4v) is 3.36. The molecule has 0 aliphatic rings. The quantitative estimate of drug-likeness (QED) is 0.674. The van der Waals surface area contributed by atoms with Crippen molar-refractivity contribution in [3.8, 4) is 5.69 Å². The summed E-state index contributed by atoms with van der Waals surface area (Å²) in [5.41, 5.74) is 2.13. The van der Waals surface area contributed by atoms with Crippen LogP contribution in [-0.4, -0.2) is 31.2 Å². The Balaban J connectivity index is 1.73. The lowest BCUT2D eigenvalue weighted by molar-refractivity contribution is 0.0914. The number of carbonyl (C=O) groups excluding carboxylic acids is 1. The second kappa shape index (κ2) is 7.56. The molecule has 1 N–H and O–H groups in total. The van der Waals surface area contributed by atoms with Crippen molar-refractivity contribution in [2.45, 2.75) is 51.1 Å². The molecule has 0 spiro atoms. The average Bonchev–Trinajstić information content (AvgIpc) is 3.18. The molecule has 1 aromatic carbocycles. The highest BCUT2D eigenvalue weighted by Crippen LogP contribution is 2.25. The van der Waals surface area contributed by atoms with Gasteiger partial charge in [0.05, 0.1) is 5.75 Å². The number of nitrogens with one attached hydrogen (secondary N) is 1. The van der Waals surface area contributed by atoms with Gasteiger partial charge in [0, 0.05) is 11.2 Å². The SMILES string of the molecule is Cc1cccc(-n2c(C)nnc2SCc2nc(C(=O)NC(C)(C)C)co2)c1. The molecule has 0 unspecified atom stereocenters. The zero-order valence-electron chi connectivity index (χ0n) is 16.1. The van der Waals surface area contributed by atoms with Gasteiger partial charge in [0.25, 0.3) is 5.91 Å². The molecular weight excluding hydrogens is 362 g/mol. The first-order valence-electron chi connectivity index (χ1n) is 8.62. The van der Waals surface area contributed by atoms with Crippen molar-refractivity contribution in [1.82, 2.24) is 25.1 Å². The number of thioether (sulfide) groups is 1. The molecule has 142 valence electrons. The number of aryl methyl sites for hydroxylation is 2. The van der Waals surface area contributed by atoms with Crippen molar-refractivity contribution in [1.29, 1.82) is 0 Å². The summed E-state index contributed by atoms with van der Waals surface area (Å²) in [7, 11) is 0. The zero-order chi connectivity index (χ0) is 19.6. The minimum atomic E-state index is -0.327. The molecule has 2 aromatic heterocycles. The van der Waals surface area contributed by atoms with Crippen molar-refractivity contribution in [2.75, 3.05) is 0 Å². The van der Waals surface area contributed by atoms with E-state index in [2.05, 4.69) is 26.6 Å². The highest BCUT2D eigenvalue weighted by molar-refractivity contribution is 7.98. The van der Waals surface area contributed by atoms with Crippen LogP contribution < -0.4 is 5.32 Å². The summed E-state index contributed by atoms with van der Waals surface area (Å²) in [5, 5.41) is 12.1. The van der Waals surface area contributed by atoms with E-state index in [-0.39, 0.29) is 17.1 Å². The predicted molar refractivity (Wildman–Crippen MR) is 104 cm³/mol. The maximum atomic E-state index is 12.2. The van der Waals surface area contributed by atoms with E-state index in [0.29, 0.717) is 11.6 Å². The minimum absolute atomic E-state index is 0.249. The van der Waals surface area contributed by atoms with E-state index in [4.69, 9.17) is 4.42 Å². The number of carbonyl (C=O) groups is 1. The van der Waals surface area contributed by atoms with Crippen molar-refractivity contribution in [3.05, 3.63) is 53.5 Å². The van der Waals surface area contributed by atoms with Crippen LogP contribution in [0, 0.1) is 13.8 Å². The Morgan fingerprint density at radius 2 is 2.04 bits per heavy atom. The van der Waals surface area contributed by atoms with Gasteiger partial charge in [0.1, 0.15) is 12.1 Å². The molecule has 3 aromatic rings. The molecule has 0 fully saturated rings. The zero-order valence-corrected chi connectivity index (χ0v) is 16.9. The van der Waals surface area contributed by atoms with E-state index in [1.807, 2.05) is 57.4 Å². The van der Waals surface area contributed by atoms with Gasteiger partial charge < -0.3 is 9.73 Å². The van der Waals surface area contributed by atoms with Crippen molar-refractivity contribution < 1.29 is 9.21 Å². The number of nitrogens with zero attached hydrogens (tertiary/aromatic N) is 4. The van der Waals surface area contributed by atoms with E-state index in [0.717, 1.165) is 16.7 Å². The standard InChI is InChI=1S/C19H23N5O2S/c1-12-7-6-8-14(9-12)24-13(2)22-23-18(24)27-11-16-20-15(10-26-16)17(25)21-19(3,4)5/h6-10H,11H2,1-5H3,(H,21,25). The molecule has 0 aliphatic heterocycles. The van der Waals surface area contributed by atoms with Crippen molar-refractivity contribution in [2.24, 2.45) is 0 Å². The number of benzene rings is 1. The number of oxazole rings is 1. The third-order valence-corrected chi connectivity index (χ3v) is 4.57. The molecular formula is C19H23N5O2S. The van der Waals surface area contributed by atoms with E-state index in [1.54, 1.807) is 0 Å². The highest BCUT2D eigenvalue weighted by Gasteiger charge is 2.19. The lowest BCUT2D eigenvalue weighted by Crippen LogP contribution is -2.40. The normalized spacial score (nSPS) is 11.6. The van der Waals surface area contributed by atoms with Crippen LogP contribution in [-0.2, 0) is 5.75 Å². The van der Waals surface area contributed by atoms with E-state index >= 15 is 0 Å². The Hall–Kier alpha value is -2.61. The number of amides is 1. The molecule has 0 radical (unpaired) electrons. The number of aromatic nitrogens is 4. The van der Waals surface area contributed by atoms with Crippen LogP contribution in [0.4, 0.5) is 0 Å². The van der Waals surface area contributed by atoms with Crippen LogP contribution in [0.15, 0.2) is 40.1 Å². The lowest BCUT2D eigenvalue weighted by Gasteiger charge is -2.19. The third-order valence-electron chi connectivity index (χ3n) is 3.65. The molecule has 0 bridgehead atoms. The average molecular weight is 385 g/mol. The molecule has 27 heavy (non-hydrogen) atoms. The van der Waals surface area contributed by atoms with Gasteiger partial charge in [-0.2, -0.15) is 0 Å². The molecule has 3 rings (SSSR count). The van der Waals surface area contributed by atoms with E-state index in [9.17, 15) is 4.79 Å². The Kier molecular flexibility index (Phi) is 5.36. The maximum absolute atomic E-state index is 12.2. The second-order valence-electron chi connectivity index (χ2n) is 7.32. The fourth-order valence-electron chi connectivity index (χ4n) is 2.51. The Labute approximate surface area is 162 Å². The van der Waals surface area contributed by atoms with Gasteiger partial charge >= 0.3 is 0 Å². The third kappa shape index (κ3) is 4.77. The van der Waals surface area contributed by atoms with Crippen molar-refractivity contribution >= 4 is 17.7 Å². The molecule has 7 nitrogen and oxygen atoms in total. The highest BCUT2D eigenvalue weighted by atomic mass is 32.2. The predicted octanol–water partition coefficient (Wildman–Crippen LogP) is 3.69. The molecule has 1 amide bonds. The Morgan fingerprint density at radius 1 is 1.26 bits per heavy atom. The first kappa shape index (κ1) is 19.2. The molecule has 0 saturated heterocycles. The number of hydrogen-bond donors (Lipinski definition) is 1. The van der Waals surface area contributed by atoms with Gasteiger partial charge in [-0.05, 0) is 52.3 Å². The fraction of sp³-hybridized carbons (Fsp3) is 0.368. The van der Waals surface area contributed by atoms with Crippen LogP contribution in [0.5, 0.6) is 0 Å². The number of hydrogen-bond acceptors (Lipinski definition) is 6. The summed E-state index contributed by atoms with van der Waals surface area (Å²) >= 11 is 1.46. The van der Waals surface area contributed by atoms with Crippen LogP contribution in [0.1, 0.15) is 48.5 Å². The van der Waals surface area contributed by atoms with Gasteiger partial charge in [-0.3, -0.25) is 9.36 Å². The molecule has 0 aliphatic carbocycles. The smallest absolute Gasteiger partial charge is 0.273 e. The van der Waals surface area contributed by atoms with E-state index in [1.165, 1.54) is 23.6 Å². The minimum Gasteiger partial charge on any atom is -0.447 e. The van der Waals surface area contributed by atoms with Crippen LogP contribution in [0.2, 0.25) is 0 Å². The maximum Gasteiger partial charge on any atom is 0.273 e. The number of rotatable bonds is 5. The summed E-state index contributed by atoms with van der Waals surface area (Å²) in [6, 6.07) is 8.16. The monoisotopic (exact) mass is 385 g/mol. The first-order valence-corrected chi connectivity index (χ1v) is 9.60. The van der Waals surface area contributed by atoms with Gasteiger partial charge in [-0.15, -0.1) is 10.2 Å². The van der Waals surface area contributed by atoms with Crippen LogP contribution >= 0.6 is 11.8 Å². The lowest BCUT2D eigenvalue weighted by atomic mass is 10.1. The summed E-state index contributed by atoms with van der Waals surface area (Å²) < 4.78 is 7.44. The molecule has 2 heterocycles. The van der Waals surface area contributed by atoms with Gasteiger partial charge in [0.15, 0.2) is 10.9 Å². The summed E-state index contributed by atoms with van der Waals surface area (Å²) in [6.07, 6.45) is 1.38. The van der Waals surface area contributed by atoms with Crippen LogP contribution in [0.3, 0.4) is 0 Å². The summed E-state index contributed by atoms with van der Waals surface area (Å²) in [5.74, 6) is 1.48. The van der Waals surface area contributed by atoms with Gasteiger partial charge in [-0.1, -0.05) is 23.9 Å². The summed E-state index contributed by atoms with van der Waals surface area (Å²) in [6.45, 7) is 9.72. The molecule has 0 atom stereocenters. The Bertz CT molecular complexity index is 955. The van der Waals surface area contributed by atoms with Gasteiger partial charge in [-0.25, -0.2) is 4.98 Å². The molecule has 0 saturated carbocycles. The first-order chi connectivity index (χ1) is 12.7.